The third kappa shape index (κ3) is 5.92. The zero-order chi connectivity index (χ0) is 20.0. The molecule has 3 amide bonds. The molecule has 0 unspecified atom stereocenters. The van der Waals surface area contributed by atoms with Crippen molar-refractivity contribution in [1.82, 2.24) is 10.6 Å². The first kappa shape index (κ1) is 20.6. The number of nitro groups is 1. The number of nitrogens with zero attached hydrogens (tertiary/aromatic N) is 1. The number of carbonyl (C=O) groups excluding carboxylic acids is 3. The van der Waals surface area contributed by atoms with Crippen molar-refractivity contribution in [2.75, 3.05) is 6.61 Å². The Kier molecular flexibility index (Phi) is 7.12. The molecule has 2 N–H and O–H groups in total. The van der Waals surface area contributed by atoms with Gasteiger partial charge >= 0.3 is 12.0 Å². The zero-order valence-corrected chi connectivity index (χ0v) is 15.5. The van der Waals surface area contributed by atoms with Crippen LogP contribution in [0.3, 0.4) is 0 Å². The molecule has 1 aliphatic rings. The Bertz CT molecular complexity index is 754. The highest BCUT2D eigenvalue weighted by Crippen LogP contribution is 2.25. The highest BCUT2D eigenvalue weighted by Gasteiger charge is 2.24. The molecule has 0 spiro atoms. The molecule has 2 atom stereocenters. The monoisotopic (exact) mass is 397 g/mol. The minimum absolute atomic E-state index is 0.00344. The lowest BCUT2D eigenvalue weighted by Gasteiger charge is -2.29. The van der Waals surface area contributed by atoms with E-state index >= 15 is 0 Å². The third-order valence-electron chi connectivity index (χ3n) is 4.39. The topological polar surface area (TPSA) is 128 Å². The second-order valence-electron chi connectivity index (χ2n) is 6.39. The van der Waals surface area contributed by atoms with Crippen LogP contribution >= 0.6 is 11.6 Å². The van der Waals surface area contributed by atoms with Crippen molar-refractivity contribution < 1.29 is 24.0 Å². The summed E-state index contributed by atoms with van der Waals surface area (Å²) in [7, 11) is 0. The molecule has 10 heteroatoms. The van der Waals surface area contributed by atoms with Gasteiger partial charge in [-0.15, -0.1) is 0 Å². The predicted molar refractivity (Wildman–Crippen MR) is 96.5 cm³/mol. The summed E-state index contributed by atoms with van der Waals surface area (Å²) in [6.07, 6.45) is 4.02. The quantitative estimate of drug-likeness (QED) is 0.446. The molecule has 0 saturated heterocycles. The number of amides is 3. The van der Waals surface area contributed by atoms with E-state index in [9.17, 15) is 24.5 Å². The maximum Gasteiger partial charge on any atom is 0.338 e. The Morgan fingerprint density at radius 3 is 2.67 bits per heavy atom. The minimum atomic E-state index is -0.939. The Morgan fingerprint density at radius 2 is 2.00 bits per heavy atom. The van der Waals surface area contributed by atoms with Crippen molar-refractivity contribution in [2.24, 2.45) is 5.92 Å². The van der Waals surface area contributed by atoms with Gasteiger partial charge in [-0.2, -0.15) is 0 Å². The molecule has 0 aromatic heterocycles. The fraction of sp³-hybridized carbons (Fsp3) is 0.471. The van der Waals surface area contributed by atoms with Gasteiger partial charge in [-0.3, -0.25) is 20.2 Å². The molecule has 0 aliphatic heterocycles. The van der Waals surface area contributed by atoms with Crippen LogP contribution in [0.1, 0.15) is 43.0 Å². The number of ether oxygens (including phenoxy) is 1. The Hall–Kier alpha value is -2.68. The van der Waals surface area contributed by atoms with Crippen LogP contribution < -0.4 is 10.6 Å². The van der Waals surface area contributed by atoms with Gasteiger partial charge in [-0.25, -0.2) is 9.59 Å². The van der Waals surface area contributed by atoms with Gasteiger partial charge in [-0.1, -0.05) is 31.4 Å². The van der Waals surface area contributed by atoms with E-state index in [1.54, 1.807) is 0 Å². The van der Waals surface area contributed by atoms with E-state index in [1.165, 1.54) is 12.1 Å². The summed E-state index contributed by atoms with van der Waals surface area (Å²) < 4.78 is 4.78. The molecule has 1 aromatic carbocycles. The second kappa shape index (κ2) is 9.31. The average molecular weight is 398 g/mol. The Balaban J connectivity index is 1.82. The van der Waals surface area contributed by atoms with E-state index in [0.717, 1.165) is 31.7 Å². The van der Waals surface area contributed by atoms with Gasteiger partial charge in [0.05, 0.1) is 10.5 Å². The smallest absolute Gasteiger partial charge is 0.338 e. The lowest BCUT2D eigenvalue weighted by Crippen LogP contribution is -2.48. The lowest BCUT2D eigenvalue weighted by atomic mass is 9.86. The number of urea groups is 1. The molecular weight excluding hydrogens is 378 g/mol. The van der Waals surface area contributed by atoms with E-state index in [2.05, 4.69) is 10.6 Å². The molecule has 1 saturated carbocycles. The summed E-state index contributed by atoms with van der Waals surface area (Å²) in [6, 6.07) is 2.75. The predicted octanol–water partition coefficient (Wildman–Crippen LogP) is 2.81. The highest BCUT2D eigenvalue weighted by molar-refractivity contribution is 6.32. The molecule has 2 rings (SSSR count). The van der Waals surface area contributed by atoms with Crippen LogP contribution in [0.15, 0.2) is 18.2 Å². The number of carbonyl (C=O) groups is 3. The number of halogens is 1. The fourth-order valence-corrected chi connectivity index (χ4v) is 3.08. The van der Waals surface area contributed by atoms with Gasteiger partial charge < -0.3 is 10.1 Å². The maximum absolute atomic E-state index is 11.9. The van der Waals surface area contributed by atoms with Crippen molar-refractivity contribution in [3.05, 3.63) is 38.9 Å². The van der Waals surface area contributed by atoms with E-state index in [-0.39, 0.29) is 16.6 Å². The summed E-state index contributed by atoms with van der Waals surface area (Å²) >= 11 is 5.67. The molecule has 0 bridgehead atoms. The van der Waals surface area contributed by atoms with Crippen LogP contribution in [0.25, 0.3) is 0 Å². The SMILES string of the molecule is C[C@@H]1CCCC[C@H]1NC(=O)NC(=O)COC(=O)c1ccc(Cl)c([N+](=O)[O-])c1. The Labute approximate surface area is 160 Å². The number of hydrogen-bond acceptors (Lipinski definition) is 6. The standard InChI is InChI=1S/C17H20ClN3O6/c1-10-4-2-3-5-13(10)19-17(24)20-15(22)9-27-16(23)11-6-7-12(18)14(8-11)21(25)26/h6-8,10,13H,2-5,9H2,1H3,(H2,19,20,22,24)/t10-,13-/m1/s1. The van der Waals surface area contributed by atoms with Crippen molar-refractivity contribution >= 4 is 35.2 Å². The van der Waals surface area contributed by atoms with E-state index in [0.29, 0.717) is 5.92 Å². The first-order chi connectivity index (χ1) is 12.8. The number of benzene rings is 1. The van der Waals surface area contributed by atoms with Gasteiger partial charge in [0.2, 0.25) is 0 Å². The van der Waals surface area contributed by atoms with Crippen molar-refractivity contribution in [3.63, 3.8) is 0 Å². The van der Waals surface area contributed by atoms with E-state index in [4.69, 9.17) is 16.3 Å². The number of nitrogens with one attached hydrogen (secondary N) is 2. The van der Waals surface area contributed by atoms with Gasteiger partial charge in [0.15, 0.2) is 6.61 Å². The summed E-state index contributed by atoms with van der Waals surface area (Å²) in [5.74, 6) is -1.41. The molecule has 1 fully saturated rings. The maximum atomic E-state index is 11.9. The van der Waals surface area contributed by atoms with Crippen LogP contribution in [-0.4, -0.2) is 35.5 Å². The first-order valence-electron chi connectivity index (χ1n) is 8.49. The van der Waals surface area contributed by atoms with Crippen LogP contribution in [-0.2, 0) is 9.53 Å². The average Bonchev–Trinajstić information content (AvgIpc) is 2.61. The Morgan fingerprint density at radius 1 is 1.30 bits per heavy atom. The van der Waals surface area contributed by atoms with E-state index < -0.39 is 35.1 Å². The molecule has 27 heavy (non-hydrogen) atoms. The third-order valence-corrected chi connectivity index (χ3v) is 4.71. The molecule has 1 aromatic rings. The van der Waals surface area contributed by atoms with Crippen LogP contribution in [0.5, 0.6) is 0 Å². The normalized spacial score (nSPS) is 19.0. The zero-order valence-electron chi connectivity index (χ0n) is 14.7. The number of esters is 1. The number of imide groups is 1. The number of rotatable bonds is 5. The molecular formula is C17H20ClN3O6. The minimum Gasteiger partial charge on any atom is -0.452 e. The number of nitro benzene ring substituents is 1. The molecule has 0 heterocycles. The van der Waals surface area contributed by atoms with E-state index in [1.807, 2.05) is 6.92 Å². The van der Waals surface area contributed by atoms with Gasteiger partial charge in [0.25, 0.3) is 11.6 Å². The second-order valence-corrected chi connectivity index (χ2v) is 6.80. The van der Waals surface area contributed by atoms with Crippen molar-refractivity contribution in [3.8, 4) is 0 Å². The molecule has 1 aliphatic carbocycles. The summed E-state index contributed by atoms with van der Waals surface area (Å²) in [5, 5.41) is 15.6. The van der Waals surface area contributed by atoms with Crippen molar-refractivity contribution in [2.45, 2.75) is 38.6 Å². The summed E-state index contributed by atoms with van der Waals surface area (Å²) in [4.78, 5) is 45.6. The van der Waals surface area contributed by atoms with Gasteiger partial charge in [0.1, 0.15) is 5.02 Å². The first-order valence-corrected chi connectivity index (χ1v) is 8.87. The highest BCUT2D eigenvalue weighted by atomic mass is 35.5. The summed E-state index contributed by atoms with van der Waals surface area (Å²) in [5.41, 5.74) is -0.573. The van der Waals surface area contributed by atoms with Crippen molar-refractivity contribution in [1.29, 1.82) is 0 Å². The number of hydrogen-bond donors (Lipinski definition) is 2. The van der Waals surface area contributed by atoms with Crippen LogP contribution in [0.2, 0.25) is 5.02 Å². The van der Waals surface area contributed by atoms with Crippen LogP contribution in [0.4, 0.5) is 10.5 Å². The molecule has 9 nitrogen and oxygen atoms in total. The van der Waals surface area contributed by atoms with Crippen LogP contribution in [0, 0.1) is 16.0 Å². The summed E-state index contributed by atoms with van der Waals surface area (Å²) in [6.45, 7) is 1.35. The molecule has 146 valence electrons. The molecule has 0 radical (unpaired) electrons. The van der Waals surface area contributed by atoms with Gasteiger partial charge in [0, 0.05) is 12.1 Å². The largest absolute Gasteiger partial charge is 0.452 e. The fourth-order valence-electron chi connectivity index (χ4n) is 2.89. The van der Waals surface area contributed by atoms with Gasteiger partial charge in [-0.05, 0) is 30.9 Å². The lowest BCUT2D eigenvalue weighted by molar-refractivity contribution is -0.384.